The monoisotopic (exact) mass is 284 g/mol. The number of nitrogens with one attached hydrogen (secondary N) is 1. The first kappa shape index (κ1) is 17.6. The molecule has 19 heavy (non-hydrogen) atoms. The number of Topliss-reactive ketones (excluding diaryl/α,β-unsaturated/α-hetero) is 1. The molecule has 3 N–H and O–H groups in total. The number of ketones is 1. The zero-order chi connectivity index (χ0) is 13.4. The fourth-order valence-corrected chi connectivity index (χ4v) is 1.59. The normalized spacial score (nSPS) is 11.3. The number of carbonyl (C=O) groups is 2. The molecule has 0 saturated heterocycles. The van der Waals surface area contributed by atoms with E-state index in [2.05, 4.69) is 5.32 Å². The molecule has 0 radical (unpaired) electrons. The Balaban J connectivity index is 0.00000324. The van der Waals surface area contributed by atoms with Crippen LogP contribution >= 0.6 is 12.4 Å². The van der Waals surface area contributed by atoms with Crippen LogP contribution in [0.25, 0.3) is 0 Å². The third-order valence-electron chi connectivity index (χ3n) is 2.67. The lowest BCUT2D eigenvalue weighted by atomic mass is 10.0. The number of rotatable bonds is 7. The van der Waals surface area contributed by atoms with Gasteiger partial charge in [0.25, 0.3) is 5.91 Å². The summed E-state index contributed by atoms with van der Waals surface area (Å²) in [5.74, 6) is -1.12. The van der Waals surface area contributed by atoms with E-state index in [-0.39, 0.29) is 12.4 Å². The molecule has 4 nitrogen and oxygen atoms in total. The Hall–Kier alpha value is -1.39. The van der Waals surface area contributed by atoms with Crippen LogP contribution in [0, 0.1) is 0 Å². The maximum atomic E-state index is 11.7. The van der Waals surface area contributed by atoms with Gasteiger partial charge in [-0.2, -0.15) is 0 Å². The lowest BCUT2D eigenvalue weighted by molar-refractivity contribution is -0.138. The molecule has 0 aromatic heterocycles. The molecule has 0 heterocycles. The predicted octanol–water partition coefficient (Wildman–Crippen LogP) is 1.46. The molecule has 0 aliphatic carbocycles. The maximum absolute atomic E-state index is 11.7. The summed E-state index contributed by atoms with van der Waals surface area (Å²) in [6.45, 7) is 2.55. The summed E-state index contributed by atoms with van der Waals surface area (Å²) in [4.78, 5) is 23.2. The van der Waals surface area contributed by atoms with Crippen molar-refractivity contribution >= 4 is 24.1 Å². The highest BCUT2D eigenvalue weighted by Crippen LogP contribution is 2.02. The quantitative estimate of drug-likeness (QED) is 0.588. The van der Waals surface area contributed by atoms with Crippen molar-refractivity contribution < 1.29 is 9.59 Å². The van der Waals surface area contributed by atoms with Crippen LogP contribution in [0.15, 0.2) is 30.3 Å². The molecule has 0 aliphatic heterocycles. The van der Waals surface area contributed by atoms with Crippen molar-refractivity contribution in [1.29, 1.82) is 0 Å². The van der Waals surface area contributed by atoms with E-state index in [9.17, 15) is 9.59 Å². The molecule has 0 unspecified atom stereocenters. The smallest absolute Gasteiger partial charge is 0.289 e. The van der Waals surface area contributed by atoms with Crippen molar-refractivity contribution in [2.45, 2.75) is 32.2 Å². The third-order valence-corrected chi connectivity index (χ3v) is 2.67. The first-order valence-electron chi connectivity index (χ1n) is 6.26. The standard InChI is InChI=1S/C14H20N2O2.ClH/c1-2-3-9-16-14(18)13(17)12(15)10-11-7-5-4-6-8-11;/h4-8,12H,2-3,9-10,15H2,1H3,(H,16,18);1H/t12-;/m0./s1. The van der Waals surface area contributed by atoms with Gasteiger partial charge in [0, 0.05) is 6.54 Å². The van der Waals surface area contributed by atoms with Gasteiger partial charge in [0.2, 0.25) is 5.78 Å². The number of halogens is 1. The topological polar surface area (TPSA) is 72.2 Å². The first-order chi connectivity index (χ1) is 8.65. The molecule has 0 aliphatic rings. The molecular weight excluding hydrogens is 264 g/mol. The zero-order valence-electron chi connectivity index (χ0n) is 11.1. The SMILES string of the molecule is CCCCNC(=O)C(=O)[C@@H](N)Cc1ccccc1.Cl. The van der Waals surface area contributed by atoms with Gasteiger partial charge in [0.05, 0.1) is 6.04 Å². The lowest BCUT2D eigenvalue weighted by Crippen LogP contribution is -2.43. The van der Waals surface area contributed by atoms with E-state index in [0.29, 0.717) is 13.0 Å². The number of benzene rings is 1. The summed E-state index contributed by atoms with van der Waals surface area (Å²) in [7, 11) is 0. The van der Waals surface area contributed by atoms with Gasteiger partial charge in [-0.1, -0.05) is 43.7 Å². The molecule has 0 spiro atoms. The summed E-state index contributed by atoms with van der Waals surface area (Å²) >= 11 is 0. The Morgan fingerprint density at radius 3 is 2.47 bits per heavy atom. The van der Waals surface area contributed by atoms with Crippen LogP contribution in [0.1, 0.15) is 25.3 Å². The molecule has 1 aromatic carbocycles. The average molecular weight is 285 g/mol. The van der Waals surface area contributed by atoms with Gasteiger partial charge in [-0.25, -0.2) is 0 Å². The number of unbranched alkanes of at least 4 members (excludes halogenated alkanes) is 1. The van der Waals surface area contributed by atoms with Crippen molar-refractivity contribution in [3.8, 4) is 0 Å². The summed E-state index contributed by atoms with van der Waals surface area (Å²) in [6.07, 6.45) is 2.23. The zero-order valence-corrected chi connectivity index (χ0v) is 11.9. The molecule has 106 valence electrons. The minimum Gasteiger partial charge on any atom is -0.349 e. The molecule has 5 heteroatoms. The van der Waals surface area contributed by atoms with Gasteiger partial charge in [0.15, 0.2) is 0 Å². The molecule has 0 fully saturated rings. The molecule has 1 amide bonds. The first-order valence-corrected chi connectivity index (χ1v) is 6.26. The van der Waals surface area contributed by atoms with E-state index in [0.717, 1.165) is 18.4 Å². The number of amides is 1. The highest BCUT2D eigenvalue weighted by Gasteiger charge is 2.21. The Morgan fingerprint density at radius 1 is 1.26 bits per heavy atom. The Kier molecular flexibility index (Phi) is 8.83. The molecule has 1 atom stereocenters. The second-order valence-corrected chi connectivity index (χ2v) is 4.27. The molecular formula is C14H21ClN2O2. The van der Waals surface area contributed by atoms with Crippen LogP contribution in [0.4, 0.5) is 0 Å². The maximum Gasteiger partial charge on any atom is 0.289 e. The van der Waals surface area contributed by atoms with Gasteiger partial charge in [0.1, 0.15) is 0 Å². The van der Waals surface area contributed by atoms with Gasteiger partial charge < -0.3 is 11.1 Å². The van der Waals surface area contributed by atoms with Gasteiger partial charge in [-0.15, -0.1) is 12.4 Å². The highest BCUT2D eigenvalue weighted by atomic mass is 35.5. The lowest BCUT2D eigenvalue weighted by Gasteiger charge is -2.10. The summed E-state index contributed by atoms with van der Waals surface area (Å²) in [6, 6.07) is 8.68. The number of hydrogen-bond acceptors (Lipinski definition) is 3. The van der Waals surface area contributed by atoms with Crippen molar-refractivity contribution in [2.75, 3.05) is 6.54 Å². The second kappa shape index (κ2) is 9.53. The Labute approximate surface area is 120 Å². The van der Waals surface area contributed by atoms with Crippen LogP contribution < -0.4 is 11.1 Å². The minimum absolute atomic E-state index is 0. The van der Waals surface area contributed by atoms with Gasteiger partial charge in [-0.05, 0) is 18.4 Å². The van der Waals surface area contributed by atoms with Crippen molar-refractivity contribution in [1.82, 2.24) is 5.32 Å². The predicted molar refractivity (Wildman–Crippen MR) is 78.3 cm³/mol. The van der Waals surface area contributed by atoms with Gasteiger partial charge >= 0.3 is 0 Å². The number of hydrogen-bond donors (Lipinski definition) is 2. The van der Waals surface area contributed by atoms with E-state index in [1.54, 1.807) is 0 Å². The third kappa shape index (κ3) is 6.36. The fourth-order valence-electron chi connectivity index (χ4n) is 1.59. The van der Waals surface area contributed by atoms with Crippen LogP contribution in [0.3, 0.4) is 0 Å². The summed E-state index contributed by atoms with van der Waals surface area (Å²) in [5, 5.41) is 2.58. The van der Waals surface area contributed by atoms with E-state index >= 15 is 0 Å². The van der Waals surface area contributed by atoms with Crippen LogP contribution in [0.5, 0.6) is 0 Å². The van der Waals surface area contributed by atoms with Crippen molar-refractivity contribution in [3.63, 3.8) is 0 Å². The molecule has 1 rings (SSSR count). The minimum atomic E-state index is -0.769. The molecule has 1 aromatic rings. The summed E-state index contributed by atoms with van der Waals surface area (Å²) in [5.41, 5.74) is 6.70. The van der Waals surface area contributed by atoms with Crippen LogP contribution in [-0.2, 0) is 16.0 Å². The van der Waals surface area contributed by atoms with E-state index < -0.39 is 17.7 Å². The van der Waals surface area contributed by atoms with E-state index in [4.69, 9.17) is 5.73 Å². The largest absolute Gasteiger partial charge is 0.349 e. The summed E-state index contributed by atoms with van der Waals surface area (Å²) < 4.78 is 0. The Morgan fingerprint density at radius 2 is 1.89 bits per heavy atom. The van der Waals surface area contributed by atoms with Crippen molar-refractivity contribution in [3.05, 3.63) is 35.9 Å². The fraction of sp³-hybridized carbons (Fsp3) is 0.429. The Bertz CT molecular complexity index is 396. The molecule has 0 saturated carbocycles. The van der Waals surface area contributed by atoms with E-state index in [1.165, 1.54) is 0 Å². The van der Waals surface area contributed by atoms with Gasteiger partial charge in [-0.3, -0.25) is 9.59 Å². The second-order valence-electron chi connectivity index (χ2n) is 4.27. The number of nitrogens with two attached hydrogens (primary N) is 1. The van der Waals surface area contributed by atoms with E-state index in [1.807, 2.05) is 37.3 Å². The van der Waals surface area contributed by atoms with Crippen molar-refractivity contribution in [2.24, 2.45) is 5.73 Å². The van der Waals surface area contributed by atoms with Crippen LogP contribution in [-0.4, -0.2) is 24.3 Å². The van der Waals surface area contributed by atoms with Crippen LogP contribution in [0.2, 0.25) is 0 Å². The highest BCUT2D eigenvalue weighted by molar-refractivity contribution is 6.38. The molecule has 0 bridgehead atoms. The average Bonchev–Trinajstić information content (AvgIpc) is 2.39. The number of carbonyl (C=O) groups excluding carboxylic acids is 2.